The molecule has 0 radical (unpaired) electrons. The molecular formula is C11H16ClNOS. The maximum Gasteiger partial charge on any atom is 0.225 e. The number of alkyl halides is 1. The summed E-state index contributed by atoms with van der Waals surface area (Å²) in [5.41, 5.74) is 0. The highest BCUT2D eigenvalue weighted by Gasteiger charge is 2.15. The Morgan fingerprint density at radius 1 is 1.60 bits per heavy atom. The lowest BCUT2D eigenvalue weighted by Gasteiger charge is -2.19. The number of rotatable bonds is 5. The lowest BCUT2D eigenvalue weighted by molar-refractivity contribution is -0.121. The van der Waals surface area contributed by atoms with Crippen LogP contribution in [-0.4, -0.2) is 17.8 Å². The zero-order valence-electron chi connectivity index (χ0n) is 9.00. The molecule has 15 heavy (non-hydrogen) atoms. The second-order valence-electron chi connectivity index (χ2n) is 3.83. The zero-order chi connectivity index (χ0) is 11.3. The lowest BCUT2D eigenvalue weighted by atomic mass is 10.1. The Morgan fingerprint density at radius 3 is 2.80 bits per heavy atom. The monoisotopic (exact) mass is 245 g/mol. The molecule has 0 aliphatic heterocycles. The Bertz CT molecular complexity index is 298. The van der Waals surface area contributed by atoms with Crippen molar-refractivity contribution in [1.82, 2.24) is 5.32 Å². The quantitative estimate of drug-likeness (QED) is 0.794. The Balaban J connectivity index is 2.41. The number of halogens is 1. The number of carbonyl (C=O) groups excluding carboxylic acids is 1. The van der Waals surface area contributed by atoms with E-state index < -0.39 is 0 Å². The van der Waals surface area contributed by atoms with Gasteiger partial charge in [0.05, 0.1) is 6.42 Å². The topological polar surface area (TPSA) is 29.1 Å². The fraction of sp³-hybridized carbons (Fsp3) is 0.545. The smallest absolute Gasteiger partial charge is 0.225 e. The van der Waals surface area contributed by atoms with Gasteiger partial charge in [0.25, 0.3) is 0 Å². The van der Waals surface area contributed by atoms with Crippen LogP contribution in [0.3, 0.4) is 0 Å². The van der Waals surface area contributed by atoms with E-state index in [2.05, 4.69) is 19.2 Å². The van der Waals surface area contributed by atoms with Gasteiger partial charge in [-0.05, 0) is 17.4 Å². The predicted octanol–water partition coefficient (Wildman–Crippen LogP) is 2.67. The molecule has 1 amide bonds. The summed E-state index contributed by atoms with van der Waals surface area (Å²) in [5.74, 6) is 0.889. The highest BCUT2D eigenvalue weighted by Crippen LogP contribution is 2.10. The van der Waals surface area contributed by atoms with Crippen LogP contribution in [0.2, 0.25) is 0 Å². The summed E-state index contributed by atoms with van der Waals surface area (Å²) in [7, 11) is 0. The predicted molar refractivity (Wildman–Crippen MR) is 65.5 cm³/mol. The lowest BCUT2D eigenvalue weighted by Crippen LogP contribution is -2.40. The third-order valence-electron chi connectivity index (χ3n) is 2.23. The van der Waals surface area contributed by atoms with Crippen LogP contribution in [0.1, 0.15) is 18.7 Å². The van der Waals surface area contributed by atoms with Gasteiger partial charge in [0.2, 0.25) is 5.91 Å². The molecule has 1 unspecified atom stereocenters. The van der Waals surface area contributed by atoms with E-state index >= 15 is 0 Å². The number of thiophene rings is 1. The Labute approximate surface area is 99.6 Å². The minimum absolute atomic E-state index is 0.0526. The molecule has 1 rings (SSSR count). The average Bonchev–Trinajstić information content (AvgIpc) is 2.66. The first-order valence-electron chi connectivity index (χ1n) is 5.01. The van der Waals surface area contributed by atoms with Crippen LogP contribution in [0.15, 0.2) is 17.5 Å². The van der Waals surface area contributed by atoms with Gasteiger partial charge in [0.15, 0.2) is 0 Å². The minimum Gasteiger partial charge on any atom is -0.352 e. The Kier molecular flexibility index (Phi) is 5.12. The summed E-state index contributed by atoms with van der Waals surface area (Å²) in [4.78, 5) is 12.7. The van der Waals surface area contributed by atoms with Crippen LogP contribution in [0.25, 0.3) is 0 Å². The number of hydrogen-bond acceptors (Lipinski definition) is 2. The molecule has 0 saturated heterocycles. The first kappa shape index (κ1) is 12.5. The van der Waals surface area contributed by atoms with Crippen LogP contribution < -0.4 is 5.32 Å². The van der Waals surface area contributed by atoms with Gasteiger partial charge in [-0.25, -0.2) is 0 Å². The van der Waals surface area contributed by atoms with E-state index in [0.29, 0.717) is 18.2 Å². The maximum absolute atomic E-state index is 11.6. The average molecular weight is 246 g/mol. The van der Waals surface area contributed by atoms with Gasteiger partial charge in [0.1, 0.15) is 0 Å². The van der Waals surface area contributed by atoms with Crippen molar-refractivity contribution in [1.29, 1.82) is 0 Å². The summed E-state index contributed by atoms with van der Waals surface area (Å²) in [6, 6.07) is 3.99. The summed E-state index contributed by atoms with van der Waals surface area (Å²) >= 11 is 7.38. The molecule has 0 aliphatic carbocycles. The number of carbonyl (C=O) groups is 1. The molecule has 1 atom stereocenters. The molecule has 0 aliphatic rings. The van der Waals surface area contributed by atoms with Gasteiger partial charge in [-0.2, -0.15) is 0 Å². The zero-order valence-corrected chi connectivity index (χ0v) is 10.6. The van der Waals surface area contributed by atoms with Gasteiger partial charge in [-0.3, -0.25) is 4.79 Å². The summed E-state index contributed by atoms with van der Waals surface area (Å²) in [6.45, 7) is 4.11. The molecular weight excluding hydrogens is 230 g/mol. The number of amides is 1. The van der Waals surface area contributed by atoms with Crippen molar-refractivity contribution in [3.05, 3.63) is 22.4 Å². The molecule has 0 aromatic carbocycles. The molecule has 1 aromatic heterocycles. The molecule has 84 valence electrons. The van der Waals surface area contributed by atoms with E-state index in [1.165, 1.54) is 0 Å². The van der Waals surface area contributed by atoms with Gasteiger partial charge in [-0.1, -0.05) is 19.9 Å². The van der Waals surface area contributed by atoms with E-state index in [1.807, 2.05) is 17.5 Å². The Morgan fingerprint density at radius 2 is 2.33 bits per heavy atom. The highest BCUT2D eigenvalue weighted by atomic mass is 35.5. The standard InChI is InChI=1S/C11H16ClNOS/c1-8(2)10(7-12)13-11(14)6-9-4-3-5-15-9/h3-5,8,10H,6-7H2,1-2H3,(H,13,14). The molecule has 0 saturated carbocycles. The van der Waals surface area contributed by atoms with Gasteiger partial charge in [-0.15, -0.1) is 22.9 Å². The van der Waals surface area contributed by atoms with Crippen molar-refractivity contribution in [2.24, 2.45) is 5.92 Å². The van der Waals surface area contributed by atoms with Gasteiger partial charge < -0.3 is 5.32 Å². The third kappa shape index (κ3) is 4.22. The van der Waals surface area contributed by atoms with Crippen LogP contribution in [-0.2, 0) is 11.2 Å². The van der Waals surface area contributed by atoms with Gasteiger partial charge >= 0.3 is 0 Å². The van der Waals surface area contributed by atoms with Crippen LogP contribution in [0.4, 0.5) is 0 Å². The van der Waals surface area contributed by atoms with Crippen molar-refractivity contribution in [2.45, 2.75) is 26.3 Å². The van der Waals surface area contributed by atoms with Crippen LogP contribution >= 0.6 is 22.9 Å². The second kappa shape index (κ2) is 6.13. The Hall–Kier alpha value is -0.540. The van der Waals surface area contributed by atoms with E-state index in [9.17, 15) is 4.79 Å². The molecule has 0 fully saturated rings. The normalized spacial score (nSPS) is 12.8. The highest BCUT2D eigenvalue weighted by molar-refractivity contribution is 7.10. The van der Waals surface area contributed by atoms with E-state index in [4.69, 9.17) is 11.6 Å². The van der Waals surface area contributed by atoms with Crippen molar-refractivity contribution < 1.29 is 4.79 Å². The molecule has 2 nitrogen and oxygen atoms in total. The number of nitrogens with one attached hydrogen (secondary N) is 1. The summed E-state index contributed by atoms with van der Waals surface area (Å²) in [6.07, 6.45) is 0.456. The number of hydrogen-bond donors (Lipinski definition) is 1. The first-order valence-corrected chi connectivity index (χ1v) is 6.42. The fourth-order valence-electron chi connectivity index (χ4n) is 1.21. The minimum atomic E-state index is 0.0526. The summed E-state index contributed by atoms with van der Waals surface area (Å²) < 4.78 is 0. The van der Waals surface area contributed by atoms with E-state index in [-0.39, 0.29) is 11.9 Å². The molecule has 0 spiro atoms. The van der Waals surface area contributed by atoms with E-state index in [1.54, 1.807) is 11.3 Å². The van der Waals surface area contributed by atoms with Crippen molar-refractivity contribution in [2.75, 3.05) is 5.88 Å². The van der Waals surface area contributed by atoms with Crippen molar-refractivity contribution >= 4 is 28.8 Å². The molecule has 1 aromatic rings. The van der Waals surface area contributed by atoms with Crippen molar-refractivity contribution in [3.8, 4) is 0 Å². The van der Waals surface area contributed by atoms with Crippen LogP contribution in [0.5, 0.6) is 0 Å². The molecule has 1 N–H and O–H groups in total. The first-order chi connectivity index (χ1) is 7.13. The second-order valence-corrected chi connectivity index (χ2v) is 5.17. The van der Waals surface area contributed by atoms with E-state index in [0.717, 1.165) is 4.88 Å². The SMILES string of the molecule is CC(C)C(CCl)NC(=O)Cc1cccs1. The van der Waals surface area contributed by atoms with Crippen LogP contribution in [0, 0.1) is 5.92 Å². The molecule has 0 bridgehead atoms. The molecule has 4 heteroatoms. The summed E-state index contributed by atoms with van der Waals surface area (Å²) in [5, 5.41) is 4.92. The maximum atomic E-state index is 11.6. The van der Waals surface area contributed by atoms with Crippen molar-refractivity contribution in [3.63, 3.8) is 0 Å². The fourth-order valence-corrected chi connectivity index (χ4v) is 2.35. The van der Waals surface area contributed by atoms with Gasteiger partial charge in [0, 0.05) is 16.8 Å². The largest absolute Gasteiger partial charge is 0.352 e. The third-order valence-corrected chi connectivity index (χ3v) is 3.44. The molecule has 1 heterocycles.